The topological polar surface area (TPSA) is 162 Å². The van der Waals surface area contributed by atoms with Crippen LogP contribution in [0.4, 0.5) is 10.2 Å². The number of alkyl halides is 1. The second kappa shape index (κ2) is 12.0. The number of fused-ring (bicyclic) bond motifs is 1. The van der Waals surface area contributed by atoms with Gasteiger partial charge in [0, 0.05) is 7.05 Å². The van der Waals surface area contributed by atoms with Crippen molar-refractivity contribution >= 4 is 24.7 Å². The third-order valence-corrected chi connectivity index (χ3v) is 7.98. The number of para-hydroxylation sites is 1. The van der Waals surface area contributed by atoms with Crippen LogP contribution in [0.5, 0.6) is 5.75 Å². The number of halogens is 1. The molecule has 2 unspecified atom stereocenters. The molecule has 1 fully saturated rings. The minimum absolute atomic E-state index is 0.228. The Morgan fingerprint density at radius 3 is 2.60 bits per heavy atom. The van der Waals surface area contributed by atoms with Crippen molar-refractivity contribution in [2.24, 2.45) is 0 Å². The van der Waals surface area contributed by atoms with E-state index in [4.69, 9.17) is 18.5 Å². The predicted octanol–water partition coefficient (Wildman–Crippen LogP) is 3.09. The third-order valence-electron chi connectivity index (χ3n) is 6.32. The summed E-state index contributed by atoms with van der Waals surface area (Å²) >= 11 is 0. The van der Waals surface area contributed by atoms with Gasteiger partial charge in [-0.15, -0.1) is 0 Å². The zero-order chi connectivity index (χ0) is 29.2. The average Bonchev–Trinajstić information content (AvgIpc) is 3.40. The number of aromatic nitrogens is 4. The van der Waals surface area contributed by atoms with Gasteiger partial charge >= 0.3 is 7.75 Å². The molecule has 0 spiro atoms. The Bertz CT molecular complexity index is 1340. The van der Waals surface area contributed by atoms with Gasteiger partial charge < -0.3 is 29.5 Å². The molecule has 13 nitrogen and oxygen atoms in total. The van der Waals surface area contributed by atoms with Gasteiger partial charge in [0.25, 0.3) is 0 Å². The highest BCUT2D eigenvalue weighted by atomic mass is 31.2. The van der Waals surface area contributed by atoms with Crippen molar-refractivity contribution in [2.75, 3.05) is 19.0 Å². The molecular weight excluding hydrogens is 546 g/mol. The molecule has 7 atom stereocenters. The molecule has 15 heteroatoms. The molecule has 1 saturated heterocycles. The van der Waals surface area contributed by atoms with Crippen LogP contribution in [0.1, 0.15) is 39.7 Å². The number of aliphatic hydroxyl groups is 2. The molecule has 0 amide bonds. The van der Waals surface area contributed by atoms with E-state index in [2.05, 4.69) is 25.4 Å². The number of nitrogens with zero attached hydrogens (tertiary/aromatic N) is 4. The maximum Gasteiger partial charge on any atom is 0.459 e. The van der Waals surface area contributed by atoms with E-state index in [9.17, 15) is 14.8 Å². The monoisotopic (exact) mass is 582 g/mol. The molecule has 4 N–H and O–H groups in total. The SMILES string of the molecule is CNc1nc(C)nc2c1ncn2[C@@H]1O[C@H](COP(=O)(N[C@@H](C)C(O)OC(C)C)Oc2ccccc2)[C@@H](O)[C@@]1(C)F. The molecule has 1 aliphatic heterocycles. The number of hydrogen-bond donors (Lipinski definition) is 4. The summed E-state index contributed by atoms with van der Waals surface area (Å²) in [7, 11) is -2.52. The number of imidazole rings is 1. The zero-order valence-corrected chi connectivity index (χ0v) is 24.1. The summed E-state index contributed by atoms with van der Waals surface area (Å²) in [6.07, 6.45) is -4.51. The molecule has 2 aromatic heterocycles. The highest BCUT2D eigenvalue weighted by molar-refractivity contribution is 7.52. The van der Waals surface area contributed by atoms with Crippen molar-refractivity contribution in [3.8, 4) is 5.75 Å². The van der Waals surface area contributed by atoms with E-state index < -0.39 is 50.8 Å². The fourth-order valence-corrected chi connectivity index (χ4v) is 5.86. The molecule has 0 saturated carbocycles. The van der Waals surface area contributed by atoms with E-state index in [1.165, 1.54) is 17.8 Å². The number of aryl methyl sites for hydroxylation is 1. The average molecular weight is 583 g/mol. The molecule has 40 heavy (non-hydrogen) atoms. The van der Waals surface area contributed by atoms with Crippen LogP contribution in [0.25, 0.3) is 11.2 Å². The second-order valence-corrected chi connectivity index (χ2v) is 11.7. The molecule has 0 bridgehead atoms. The Balaban J connectivity index is 1.56. The summed E-state index contributed by atoms with van der Waals surface area (Å²) in [6, 6.07) is 7.39. The van der Waals surface area contributed by atoms with Gasteiger partial charge in [0.15, 0.2) is 35.2 Å². The van der Waals surface area contributed by atoms with E-state index in [0.29, 0.717) is 22.8 Å². The minimum Gasteiger partial charge on any atom is -0.413 e. The number of aliphatic hydroxyl groups excluding tert-OH is 2. The number of hydrogen-bond acceptors (Lipinski definition) is 11. The Kier molecular flexibility index (Phi) is 9.10. The van der Waals surface area contributed by atoms with E-state index in [-0.39, 0.29) is 11.9 Å². The second-order valence-electron chi connectivity index (χ2n) is 10.0. The van der Waals surface area contributed by atoms with E-state index in [1.54, 1.807) is 65.1 Å². The number of rotatable bonds is 12. The molecule has 3 heterocycles. The van der Waals surface area contributed by atoms with Gasteiger partial charge in [-0.25, -0.2) is 29.0 Å². The fraction of sp³-hybridized carbons (Fsp3) is 0.560. The molecule has 220 valence electrons. The number of nitrogens with one attached hydrogen (secondary N) is 2. The molecular formula is C25H36FN6O7P. The Morgan fingerprint density at radius 2 is 1.95 bits per heavy atom. The van der Waals surface area contributed by atoms with Crippen molar-refractivity contribution < 1.29 is 37.7 Å². The largest absolute Gasteiger partial charge is 0.459 e. The summed E-state index contributed by atoms with van der Waals surface area (Å²) in [5.41, 5.74) is -1.58. The minimum atomic E-state index is -4.20. The van der Waals surface area contributed by atoms with Gasteiger partial charge in [-0.1, -0.05) is 18.2 Å². The van der Waals surface area contributed by atoms with E-state index in [1.807, 2.05) is 0 Å². The molecule has 4 rings (SSSR count). The third kappa shape index (κ3) is 6.44. The highest BCUT2D eigenvalue weighted by Crippen LogP contribution is 2.48. The summed E-state index contributed by atoms with van der Waals surface area (Å²) in [5.74, 6) is 1.12. The lowest BCUT2D eigenvalue weighted by Crippen LogP contribution is -2.42. The summed E-state index contributed by atoms with van der Waals surface area (Å²) in [6.45, 7) is 7.40. The van der Waals surface area contributed by atoms with Crippen LogP contribution in [0, 0.1) is 6.92 Å². The van der Waals surface area contributed by atoms with Crippen molar-refractivity contribution in [3.05, 3.63) is 42.5 Å². The predicted molar refractivity (Wildman–Crippen MR) is 144 cm³/mol. The summed E-state index contributed by atoms with van der Waals surface area (Å²) in [5, 5.41) is 26.8. The Labute approximate surface area is 231 Å². The van der Waals surface area contributed by atoms with Crippen LogP contribution in [0.3, 0.4) is 0 Å². The van der Waals surface area contributed by atoms with E-state index in [0.717, 1.165) is 0 Å². The van der Waals surface area contributed by atoms with Crippen molar-refractivity contribution in [2.45, 2.75) is 77.2 Å². The highest BCUT2D eigenvalue weighted by Gasteiger charge is 2.56. The van der Waals surface area contributed by atoms with Gasteiger partial charge in [-0.2, -0.15) is 0 Å². The first-order valence-corrected chi connectivity index (χ1v) is 14.4. The quantitative estimate of drug-likeness (QED) is 0.183. The first-order chi connectivity index (χ1) is 18.8. The zero-order valence-electron chi connectivity index (χ0n) is 23.2. The van der Waals surface area contributed by atoms with Gasteiger partial charge in [-0.3, -0.25) is 9.09 Å². The van der Waals surface area contributed by atoms with E-state index >= 15 is 4.39 Å². The van der Waals surface area contributed by atoms with Crippen molar-refractivity contribution in [1.82, 2.24) is 24.6 Å². The molecule has 1 aliphatic rings. The lowest BCUT2D eigenvalue weighted by atomic mass is 9.98. The van der Waals surface area contributed by atoms with Crippen LogP contribution in [-0.2, 0) is 18.6 Å². The van der Waals surface area contributed by atoms with Gasteiger partial charge in [0.2, 0.25) is 0 Å². The molecule has 0 radical (unpaired) electrons. The number of benzene rings is 1. The van der Waals surface area contributed by atoms with Gasteiger partial charge in [-0.05, 0) is 46.8 Å². The molecule has 3 aromatic rings. The first kappa shape index (κ1) is 30.3. The van der Waals surface area contributed by atoms with Crippen LogP contribution in [0.15, 0.2) is 36.7 Å². The lowest BCUT2D eigenvalue weighted by Gasteiger charge is -2.28. The lowest BCUT2D eigenvalue weighted by molar-refractivity contribution is -0.138. The first-order valence-electron chi connectivity index (χ1n) is 12.9. The summed E-state index contributed by atoms with van der Waals surface area (Å²) < 4.78 is 53.8. The number of anilines is 1. The van der Waals surface area contributed by atoms with Crippen LogP contribution >= 0.6 is 7.75 Å². The standard InChI is InChI=1S/C25H36FN6O7P/c1-14(2)37-23(34)15(3)31-40(35,39-17-10-8-7-9-11-17)36-12-18-20(33)25(5,26)24(38-18)32-13-28-19-21(27-6)29-16(4)30-22(19)32/h7-11,13-15,18,20,23-24,33-34H,12H2,1-6H3,(H,31,35)(H,27,29,30)/t15-,18+,20+,23?,24+,25+,40?/m0/s1. The summed E-state index contributed by atoms with van der Waals surface area (Å²) in [4.78, 5) is 13.0. The molecule has 1 aromatic carbocycles. The van der Waals surface area contributed by atoms with Crippen molar-refractivity contribution in [1.29, 1.82) is 0 Å². The van der Waals surface area contributed by atoms with Gasteiger partial charge in [0.05, 0.1) is 25.1 Å². The Hall–Kier alpha value is -2.71. The smallest absolute Gasteiger partial charge is 0.413 e. The van der Waals surface area contributed by atoms with Crippen LogP contribution in [-0.4, -0.2) is 79.7 Å². The fourth-order valence-electron chi connectivity index (χ4n) is 4.31. The number of ether oxygens (including phenoxy) is 2. The van der Waals surface area contributed by atoms with Crippen LogP contribution in [0.2, 0.25) is 0 Å². The maximum absolute atomic E-state index is 16.0. The van der Waals surface area contributed by atoms with Crippen molar-refractivity contribution in [3.63, 3.8) is 0 Å². The normalized spacial score (nSPS) is 26.1. The van der Waals surface area contributed by atoms with Crippen LogP contribution < -0.4 is 14.9 Å². The molecule has 0 aliphatic carbocycles. The van der Waals surface area contributed by atoms with Gasteiger partial charge in [0.1, 0.15) is 23.8 Å². The maximum atomic E-state index is 16.0. The Morgan fingerprint density at radius 1 is 1.25 bits per heavy atom.